The van der Waals surface area contributed by atoms with Crippen molar-refractivity contribution in [3.05, 3.63) is 28.8 Å². The van der Waals surface area contributed by atoms with Gasteiger partial charge < -0.3 is 10.6 Å². The van der Waals surface area contributed by atoms with Crippen molar-refractivity contribution in [3.63, 3.8) is 0 Å². The van der Waals surface area contributed by atoms with Crippen LogP contribution in [0.2, 0.25) is 5.02 Å². The van der Waals surface area contributed by atoms with Crippen LogP contribution in [0.25, 0.3) is 0 Å². The molecule has 2 rings (SSSR count). The summed E-state index contributed by atoms with van der Waals surface area (Å²) in [6, 6.07) is 7.47. The average Bonchev–Trinajstić information content (AvgIpc) is 2.73. The zero-order chi connectivity index (χ0) is 13.1. The van der Waals surface area contributed by atoms with Crippen molar-refractivity contribution in [3.8, 4) is 0 Å². The lowest BCUT2D eigenvalue weighted by Crippen LogP contribution is -2.35. The van der Waals surface area contributed by atoms with Crippen molar-refractivity contribution in [2.45, 2.75) is 51.6 Å². The van der Waals surface area contributed by atoms with Gasteiger partial charge in [-0.2, -0.15) is 0 Å². The average molecular weight is 267 g/mol. The molecule has 1 aromatic rings. The van der Waals surface area contributed by atoms with Crippen molar-refractivity contribution in [1.82, 2.24) is 0 Å². The molecule has 0 radical (unpaired) electrons. The van der Waals surface area contributed by atoms with Gasteiger partial charge in [-0.15, -0.1) is 0 Å². The Morgan fingerprint density at radius 2 is 2.17 bits per heavy atom. The lowest BCUT2D eigenvalue weighted by Gasteiger charge is -2.32. The summed E-state index contributed by atoms with van der Waals surface area (Å²) in [5.41, 5.74) is 8.23. The summed E-state index contributed by atoms with van der Waals surface area (Å²) < 4.78 is 0. The summed E-state index contributed by atoms with van der Waals surface area (Å²) in [7, 11) is 0. The van der Waals surface area contributed by atoms with Crippen molar-refractivity contribution >= 4 is 17.3 Å². The number of hydrogen-bond donors (Lipinski definition) is 1. The molecule has 0 saturated carbocycles. The number of nitrogens with zero attached hydrogens (tertiary/aromatic N) is 1. The largest absolute Gasteiger partial charge is 0.366 e. The van der Waals surface area contributed by atoms with Gasteiger partial charge in [0.25, 0.3) is 0 Å². The van der Waals surface area contributed by atoms with Crippen LogP contribution in [-0.2, 0) is 6.42 Å². The van der Waals surface area contributed by atoms with Crippen LogP contribution in [0.4, 0.5) is 5.69 Å². The predicted octanol–water partition coefficient (Wildman–Crippen LogP) is 3.61. The molecule has 3 heteroatoms. The molecule has 2 unspecified atom stereocenters. The van der Waals surface area contributed by atoms with Gasteiger partial charge in [0, 0.05) is 22.8 Å². The molecule has 1 saturated heterocycles. The molecule has 2 atom stereocenters. The first-order chi connectivity index (χ1) is 8.69. The molecule has 1 fully saturated rings. The summed E-state index contributed by atoms with van der Waals surface area (Å²) in [4.78, 5) is 2.55. The maximum absolute atomic E-state index is 6.34. The fourth-order valence-corrected chi connectivity index (χ4v) is 3.35. The van der Waals surface area contributed by atoms with Crippen LogP contribution in [-0.4, -0.2) is 18.6 Å². The van der Waals surface area contributed by atoms with Crippen LogP contribution in [0, 0.1) is 0 Å². The molecule has 100 valence electrons. The maximum atomic E-state index is 6.34. The van der Waals surface area contributed by atoms with Gasteiger partial charge in [-0.05, 0) is 56.8 Å². The summed E-state index contributed by atoms with van der Waals surface area (Å²) in [5.74, 6) is 0. The molecular formula is C15H23ClN2. The van der Waals surface area contributed by atoms with Crippen molar-refractivity contribution in [2.75, 3.05) is 11.4 Å². The molecule has 0 amide bonds. The van der Waals surface area contributed by atoms with Crippen LogP contribution in [0.15, 0.2) is 18.2 Å². The normalized spacial score (nSPS) is 23.7. The van der Waals surface area contributed by atoms with Gasteiger partial charge in [0.1, 0.15) is 0 Å². The van der Waals surface area contributed by atoms with E-state index in [1.807, 2.05) is 6.07 Å². The molecule has 18 heavy (non-hydrogen) atoms. The zero-order valence-corrected chi connectivity index (χ0v) is 12.1. The van der Waals surface area contributed by atoms with Crippen LogP contribution in [0.3, 0.4) is 0 Å². The third-order valence-corrected chi connectivity index (χ3v) is 4.38. The van der Waals surface area contributed by atoms with Crippen molar-refractivity contribution in [2.24, 2.45) is 5.73 Å². The van der Waals surface area contributed by atoms with E-state index in [9.17, 15) is 0 Å². The number of benzene rings is 1. The highest BCUT2D eigenvalue weighted by Crippen LogP contribution is 2.36. The lowest BCUT2D eigenvalue weighted by atomic mass is 10.1. The first kappa shape index (κ1) is 13.7. The second kappa shape index (κ2) is 5.94. The molecule has 1 aliphatic heterocycles. The van der Waals surface area contributed by atoms with Gasteiger partial charge in [-0.3, -0.25) is 0 Å². The van der Waals surface area contributed by atoms with Gasteiger partial charge >= 0.3 is 0 Å². The van der Waals surface area contributed by atoms with Gasteiger partial charge in [0.05, 0.1) is 0 Å². The van der Waals surface area contributed by atoms with E-state index in [1.54, 1.807) is 0 Å². The van der Waals surface area contributed by atoms with Crippen molar-refractivity contribution < 1.29 is 0 Å². The third kappa shape index (κ3) is 2.50. The SMILES string of the molecule is CCC1CCC(C)N1c1cccc(Cl)c1CCN. The van der Waals surface area contributed by atoms with Crippen LogP contribution < -0.4 is 10.6 Å². The first-order valence-electron chi connectivity index (χ1n) is 6.94. The van der Waals surface area contributed by atoms with E-state index in [0.29, 0.717) is 18.6 Å². The molecule has 0 aliphatic carbocycles. The quantitative estimate of drug-likeness (QED) is 0.902. The Bertz CT molecular complexity index is 405. The molecule has 0 spiro atoms. The Kier molecular flexibility index (Phi) is 4.52. The standard InChI is InChI=1S/C15H23ClN2/c1-3-12-8-7-11(2)18(12)15-6-4-5-14(16)13(15)9-10-17/h4-6,11-12H,3,7-10,17H2,1-2H3. The summed E-state index contributed by atoms with van der Waals surface area (Å²) in [6.07, 6.45) is 4.60. The number of hydrogen-bond acceptors (Lipinski definition) is 2. The molecule has 1 aromatic carbocycles. The van der Waals surface area contributed by atoms with E-state index in [-0.39, 0.29) is 0 Å². The van der Waals surface area contributed by atoms with Gasteiger partial charge in [0.2, 0.25) is 0 Å². The van der Waals surface area contributed by atoms with E-state index in [2.05, 4.69) is 30.9 Å². The Labute approximate surface area is 115 Å². The molecule has 2 N–H and O–H groups in total. The Morgan fingerprint density at radius 1 is 1.39 bits per heavy atom. The number of rotatable bonds is 4. The second-order valence-corrected chi connectivity index (χ2v) is 5.58. The first-order valence-corrected chi connectivity index (χ1v) is 7.32. The zero-order valence-electron chi connectivity index (χ0n) is 11.3. The third-order valence-electron chi connectivity index (χ3n) is 4.02. The fourth-order valence-electron chi connectivity index (χ4n) is 3.09. The number of nitrogens with two attached hydrogens (primary N) is 1. The Balaban J connectivity index is 2.39. The summed E-state index contributed by atoms with van der Waals surface area (Å²) >= 11 is 6.34. The Morgan fingerprint density at radius 3 is 2.83 bits per heavy atom. The van der Waals surface area contributed by atoms with E-state index >= 15 is 0 Å². The van der Waals surface area contributed by atoms with E-state index in [1.165, 1.54) is 30.5 Å². The molecular weight excluding hydrogens is 244 g/mol. The number of anilines is 1. The van der Waals surface area contributed by atoms with E-state index in [4.69, 9.17) is 17.3 Å². The van der Waals surface area contributed by atoms with E-state index in [0.717, 1.165) is 11.4 Å². The van der Waals surface area contributed by atoms with E-state index < -0.39 is 0 Å². The molecule has 0 aromatic heterocycles. The topological polar surface area (TPSA) is 29.3 Å². The van der Waals surface area contributed by atoms with Crippen LogP contribution in [0.1, 0.15) is 38.7 Å². The second-order valence-electron chi connectivity index (χ2n) is 5.17. The van der Waals surface area contributed by atoms with Gasteiger partial charge in [-0.1, -0.05) is 24.6 Å². The molecule has 2 nitrogen and oxygen atoms in total. The fraction of sp³-hybridized carbons (Fsp3) is 0.600. The summed E-state index contributed by atoms with van der Waals surface area (Å²) in [6.45, 7) is 5.22. The monoisotopic (exact) mass is 266 g/mol. The highest BCUT2D eigenvalue weighted by Gasteiger charge is 2.30. The van der Waals surface area contributed by atoms with Crippen LogP contribution >= 0.6 is 11.6 Å². The Hall–Kier alpha value is -0.730. The number of halogens is 1. The summed E-state index contributed by atoms with van der Waals surface area (Å²) in [5, 5.41) is 0.854. The molecule has 0 bridgehead atoms. The minimum absolute atomic E-state index is 0.602. The van der Waals surface area contributed by atoms with Crippen molar-refractivity contribution in [1.29, 1.82) is 0 Å². The maximum Gasteiger partial charge on any atom is 0.0459 e. The highest BCUT2D eigenvalue weighted by atomic mass is 35.5. The van der Waals surface area contributed by atoms with Gasteiger partial charge in [0.15, 0.2) is 0 Å². The smallest absolute Gasteiger partial charge is 0.0459 e. The minimum Gasteiger partial charge on any atom is -0.366 e. The molecule has 1 aliphatic rings. The minimum atomic E-state index is 0.602. The molecule has 1 heterocycles. The predicted molar refractivity (Wildman–Crippen MR) is 79.5 cm³/mol. The van der Waals surface area contributed by atoms with Gasteiger partial charge in [-0.25, -0.2) is 0 Å². The van der Waals surface area contributed by atoms with Crippen LogP contribution in [0.5, 0.6) is 0 Å². The lowest BCUT2D eigenvalue weighted by molar-refractivity contribution is 0.625. The highest BCUT2D eigenvalue weighted by molar-refractivity contribution is 6.31.